The van der Waals surface area contributed by atoms with E-state index < -0.39 is 27.7 Å². The molecular weight excluding hydrogens is 188 g/mol. The van der Waals surface area contributed by atoms with Crippen molar-refractivity contribution >= 4 is 10.7 Å². The van der Waals surface area contributed by atoms with Crippen molar-refractivity contribution in [2.45, 2.75) is 11.5 Å². The van der Waals surface area contributed by atoms with Gasteiger partial charge in [0.05, 0.1) is 5.56 Å². The number of rotatable bonds is 2. The van der Waals surface area contributed by atoms with Crippen molar-refractivity contribution in [3.8, 4) is 0 Å². The number of aromatic nitrogens is 1. The first-order chi connectivity index (χ1) is 5.63. The summed E-state index contributed by atoms with van der Waals surface area (Å²) in [4.78, 5) is 3.32. The minimum atomic E-state index is -3.04. The molecule has 0 atom stereocenters. The molecule has 0 unspecified atom stereocenters. The van der Waals surface area contributed by atoms with Gasteiger partial charge in [-0.15, -0.1) is 0 Å². The highest BCUT2D eigenvalue weighted by Crippen LogP contribution is 2.21. The highest BCUT2D eigenvalue weighted by molar-refractivity contribution is 7.72. The summed E-state index contributed by atoms with van der Waals surface area (Å²) in [6.07, 6.45) is -1.65. The minimum absolute atomic E-state index is 0.548. The molecular formula is C6H5F2NO2S. The number of hydrogen-bond acceptors (Lipinski definition) is 3. The average Bonchev–Trinajstić information content (AvgIpc) is 2.04. The molecule has 66 valence electrons. The molecule has 0 aliphatic heterocycles. The van der Waals surface area contributed by atoms with Gasteiger partial charge in [0, 0.05) is 6.20 Å². The molecule has 0 bridgehead atoms. The Morgan fingerprint density at radius 2 is 2.08 bits per heavy atom. The summed E-state index contributed by atoms with van der Waals surface area (Å²) in [7, 11) is -3.04. The van der Waals surface area contributed by atoms with Crippen LogP contribution in [0, 0.1) is 0 Å². The monoisotopic (exact) mass is 193 g/mol. The van der Waals surface area contributed by atoms with E-state index >= 15 is 0 Å². The van der Waals surface area contributed by atoms with Crippen molar-refractivity contribution in [3.05, 3.63) is 23.9 Å². The molecule has 0 fully saturated rings. The van der Waals surface area contributed by atoms with Crippen molar-refractivity contribution in [2.24, 2.45) is 0 Å². The zero-order chi connectivity index (χ0) is 9.14. The lowest BCUT2D eigenvalue weighted by molar-refractivity contribution is 0.147. The van der Waals surface area contributed by atoms with Crippen LogP contribution in [0.2, 0.25) is 0 Å². The molecule has 0 spiro atoms. The molecule has 1 rings (SSSR count). The van der Waals surface area contributed by atoms with Crippen LogP contribution in [-0.4, -0.2) is 13.4 Å². The van der Waals surface area contributed by atoms with E-state index in [0.29, 0.717) is 0 Å². The molecule has 1 aromatic rings. The second-order valence-electron chi connectivity index (χ2n) is 1.97. The quantitative estimate of drug-likeness (QED) is 0.712. The maximum absolute atomic E-state index is 12.1. The molecule has 0 amide bonds. The second-order valence-corrected chi connectivity index (χ2v) is 2.91. The largest absolute Gasteiger partial charge is 0.266 e. The molecule has 3 nitrogen and oxygen atoms in total. The Morgan fingerprint density at radius 3 is 2.50 bits per heavy atom. The van der Waals surface area contributed by atoms with Crippen LogP contribution in [0.15, 0.2) is 23.4 Å². The normalized spacial score (nSPS) is 11.0. The van der Waals surface area contributed by atoms with Crippen molar-refractivity contribution in [1.82, 2.24) is 4.98 Å². The molecule has 1 aromatic heterocycles. The number of pyridine rings is 1. The summed E-state index contributed by atoms with van der Waals surface area (Å²) in [6.45, 7) is 0. The predicted octanol–water partition coefficient (Wildman–Crippen LogP) is 0.990. The van der Waals surface area contributed by atoms with Crippen molar-refractivity contribution < 1.29 is 17.2 Å². The lowest BCUT2D eigenvalue weighted by atomic mass is 10.3. The molecule has 0 aliphatic carbocycles. The fourth-order valence-electron chi connectivity index (χ4n) is 0.732. The van der Waals surface area contributed by atoms with E-state index in [0.717, 1.165) is 12.3 Å². The molecule has 0 saturated carbocycles. The van der Waals surface area contributed by atoms with Crippen LogP contribution in [-0.2, 0) is 10.7 Å². The van der Waals surface area contributed by atoms with Crippen LogP contribution in [0.1, 0.15) is 12.0 Å². The second kappa shape index (κ2) is 3.57. The maximum atomic E-state index is 12.1. The van der Waals surface area contributed by atoms with Gasteiger partial charge >= 0.3 is 0 Å². The summed E-state index contributed by atoms with van der Waals surface area (Å²) < 4.78 is 44.9. The first kappa shape index (κ1) is 9.05. The fourth-order valence-corrected chi connectivity index (χ4v) is 1.28. The Kier molecular flexibility index (Phi) is 2.69. The summed E-state index contributed by atoms with van der Waals surface area (Å²) >= 11 is 0. The Hall–Kier alpha value is -1.04. The van der Waals surface area contributed by atoms with Gasteiger partial charge in [-0.1, -0.05) is 0 Å². The molecule has 0 aliphatic rings. The van der Waals surface area contributed by atoms with Gasteiger partial charge in [0.15, 0.2) is 15.7 Å². The van der Waals surface area contributed by atoms with E-state index in [9.17, 15) is 17.2 Å². The van der Waals surface area contributed by atoms with Gasteiger partial charge in [-0.05, 0) is 12.1 Å². The van der Waals surface area contributed by atoms with Crippen LogP contribution >= 0.6 is 0 Å². The van der Waals surface area contributed by atoms with Gasteiger partial charge < -0.3 is 0 Å². The van der Waals surface area contributed by atoms with Gasteiger partial charge in [0.1, 0.15) is 0 Å². The van der Waals surface area contributed by atoms with E-state index in [4.69, 9.17) is 0 Å². The number of nitrogens with zero attached hydrogens (tertiary/aromatic N) is 1. The smallest absolute Gasteiger partial charge is 0.245 e. The third-order valence-corrected chi connectivity index (χ3v) is 1.94. The van der Waals surface area contributed by atoms with Crippen LogP contribution in [0.5, 0.6) is 0 Å². The molecule has 0 aromatic carbocycles. The Morgan fingerprint density at radius 1 is 1.42 bits per heavy atom. The Labute approximate surface area is 69.0 Å². The van der Waals surface area contributed by atoms with Gasteiger partial charge in [0.25, 0.3) is 6.43 Å². The SMILES string of the molecule is O=[SH](=O)c1ncccc1C(F)F. The highest BCUT2D eigenvalue weighted by atomic mass is 32.2. The fraction of sp³-hybridized carbons (Fsp3) is 0.167. The molecule has 6 heteroatoms. The van der Waals surface area contributed by atoms with Gasteiger partial charge in [-0.3, -0.25) is 0 Å². The van der Waals surface area contributed by atoms with E-state index in [1.165, 1.54) is 6.07 Å². The maximum Gasteiger partial charge on any atom is 0.266 e. The van der Waals surface area contributed by atoms with Crippen LogP contribution in [0.4, 0.5) is 8.78 Å². The van der Waals surface area contributed by atoms with Crippen LogP contribution < -0.4 is 0 Å². The molecule has 1 heterocycles. The summed E-state index contributed by atoms with van der Waals surface area (Å²) in [5, 5.41) is -0.553. The Balaban J connectivity index is 3.27. The van der Waals surface area contributed by atoms with Crippen molar-refractivity contribution in [2.75, 3.05) is 0 Å². The Bertz CT molecular complexity index is 343. The van der Waals surface area contributed by atoms with Crippen molar-refractivity contribution in [3.63, 3.8) is 0 Å². The summed E-state index contributed by atoms with van der Waals surface area (Å²) in [5.41, 5.74) is -0.548. The number of thiol groups is 1. The van der Waals surface area contributed by atoms with E-state index in [2.05, 4.69) is 4.98 Å². The van der Waals surface area contributed by atoms with Crippen LogP contribution in [0.25, 0.3) is 0 Å². The summed E-state index contributed by atoms with van der Waals surface area (Å²) in [6, 6.07) is 2.31. The van der Waals surface area contributed by atoms with E-state index in [1.54, 1.807) is 0 Å². The minimum Gasteiger partial charge on any atom is -0.245 e. The number of alkyl halides is 2. The number of halogens is 2. The number of hydrogen-bond donors (Lipinski definition) is 1. The molecule has 0 saturated heterocycles. The first-order valence-electron chi connectivity index (χ1n) is 3.00. The third kappa shape index (κ3) is 1.76. The zero-order valence-electron chi connectivity index (χ0n) is 5.78. The summed E-state index contributed by atoms with van der Waals surface area (Å²) in [5.74, 6) is 0. The first-order valence-corrected chi connectivity index (χ1v) is 4.18. The zero-order valence-corrected chi connectivity index (χ0v) is 6.67. The topological polar surface area (TPSA) is 47.0 Å². The van der Waals surface area contributed by atoms with Gasteiger partial charge in [-0.2, -0.15) is 0 Å². The lowest BCUT2D eigenvalue weighted by Crippen LogP contribution is -1.95. The predicted molar refractivity (Wildman–Crippen MR) is 37.8 cm³/mol. The van der Waals surface area contributed by atoms with Crippen LogP contribution in [0.3, 0.4) is 0 Å². The van der Waals surface area contributed by atoms with Gasteiger partial charge in [0.2, 0.25) is 0 Å². The highest BCUT2D eigenvalue weighted by Gasteiger charge is 2.14. The van der Waals surface area contributed by atoms with Crippen molar-refractivity contribution in [1.29, 1.82) is 0 Å². The molecule has 12 heavy (non-hydrogen) atoms. The van der Waals surface area contributed by atoms with Gasteiger partial charge in [-0.25, -0.2) is 22.2 Å². The molecule has 0 radical (unpaired) electrons. The third-order valence-electron chi connectivity index (χ3n) is 1.22. The van der Waals surface area contributed by atoms with E-state index in [1.807, 2.05) is 0 Å². The molecule has 0 N–H and O–H groups in total. The standard InChI is InChI=1S/C6H5F2NO2S/c7-5(8)4-2-1-3-9-6(4)12(10)11/h1-3,5,12H. The van der Waals surface area contributed by atoms with E-state index in [-0.39, 0.29) is 0 Å². The lowest BCUT2D eigenvalue weighted by Gasteiger charge is -1.99. The average molecular weight is 193 g/mol.